The van der Waals surface area contributed by atoms with Crippen LogP contribution in [0.25, 0.3) is 0 Å². The fourth-order valence-electron chi connectivity index (χ4n) is 5.26. The summed E-state index contributed by atoms with van der Waals surface area (Å²) < 4.78 is 0. The molecule has 0 aromatic heterocycles. The average Bonchev–Trinajstić information content (AvgIpc) is 2.80. The zero-order chi connectivity index (χ0) is 21.9. The summed E-state index contributed by atoms with van der Waals surface area (Å²) in [4.78, 5) is 46.2. The Morgan fingerprint density at radius 3 is 2.29 bits per heavy atom. The smallest absolute Gasteiger partial charge is 0.332 e. The second-order valence-electron chi connectivity index (χ2n) is 8.42. The number of rotatable bonds is 1. The first kappa shape index (κ1) is 19.9. The number of barbiturate groups is 1. The molecule has 2 aromatic carbocycles. The molecule has 2 aromatic rings. The SMILES string of the molecule is CN1C(=O)N(C)C(=O)C2(Cc3ccc(Cl)cc3N3CCN(c4ccccc4)C[C@H]32)C1=O. The molecule has 5 rings (SSSR count). The number of hydrogen-bond acceptors (Lipinski definition) is 5. The molecule has 7 nitrogen and oxygen atoms in total. The number of amides is 4. The fourth-order valence-corrected chi connectivity index (χ4v) is 5.43. The molecule has 0 N–H and O–H groups in total. The van der Waals surface area contributed by atoms with Crippen LogP contribution in [0.4, 0.5) is 16.2 Å². The van der Waals surface area contributed by atoms with E-state index in [-0.39, 0.29) is 6.42 Å². The standard InChI is InChI=1S/C23H23ClN4O3/c1-25-20(29)23(21(30)26(2)22(25)31)13-15-8-9-16(24)12-18(15)28-11-10-27(14-19(23)28)17-6-4-3-5-7-17/h3-9,12,19H,10-11,13-14H2,1-2H3/t19-/m0/s1. The molecule has 3 heterocycles. The number of urea groups is 1. The second-order valence-corrected chi connectivity index (χ2v) is 8.86. The van der Waals surface area contributed by atoms with Gasteiger partial charge < -0.3 is 9.80 Å². The first-order valence-electron chi connectivity index (χ1n) is 10.3. The number of fused-ring (bicyclic) bond motifs is 4. The maximum atomic E-state index is 13.6. The van der Waals surface area contributed by atoms with Crippen molar-refractivity contribution in [2.24, 2.45) is 5.41 Å². The van der Waals surface area contributed by atoms with E-state index in [4.69, 9.17) is 11.6 Å². The highest BCUT2D eigenvalue weighted by Gasteiger charge is 2.63. The van der Waals surface area contributed by atoms with Gasteiger partial charge in [0.1, 0.15) is 0 Å². The monoisotopic (exact) mass is 438 g/mol. The van der Waals surface area contributed by atoms with Gasteiger partial charge in [-0.05, 0) is 36.2 Å². The largest absolute Gasteiger partial charge is 0.368 e. The predicted molar refractivity (Wildman–Crippen MR) is 118 cm³/mol. The minimum Gasteiger partial charge on any atom is -0.368 e. The summed E-state index contributed by atoms with van der Waals surface area (Å²) >= 11 is 6.30. The van der Waals surface area contributed by atoms with E-state index < -0.39 is 29.3 Å². The molecule has 2 fully saturated rings. The lowest BCUT2D eigenvalue weighted by Gasteiger charge is -2.56. The van der Waals surface area contributed by atoms with Crippen molar-refractivity contribution >= 4 is 40.8 Å². The summed E-state index contributed by atoms with van der Waals surface area (Å²) in [7, 11) is 2.91. The van der Waals surface area contributed by atoms with Gasteiger partial charge in [0.15, 0.2) is 5.41 Å². The van der Waals surface area contributed by atoms with Crippen LogP contribution in [0.15, 0.2) is 48.5 Å². The number of carbonyl (C=O) groups is 3. The number of benzene rings is 2. The topological polar surface area (TPSA) is 64.2 Å². The molecular weight excluding hydrogens is 416 g/mol. The summed E-state index contributed by atoms with van der Waals surface area (Å²) in [6.45, 7) is 1.87. The molecule has 0 bridgehead atoms. The summed E-state index contributed by atoms with van der Waals surface area (Å²) in [6.07, 6.45) is 0.239. The van der Waals surface area contributed by atoms with Gasteiger partial charge in [-0.25, -0.2) is 4.79 Å². The van der Waals surface area contributed by atoms with Gasteiger partial charge in [0.25, 0.3) is 0 Å². The Hall–Kier alpha value is -3.06. The van der Waals surface area contributed by atoms with Crippen molar-refractivity contribution in [2.75, 3.05) is 43.5 Å². The summed E-state index contributed by atoms with van der Waals surface area (Å²) in [5, 5.41) is 0.615. The Kier molecular flexibility index (Phi) is 4.48. The highest BCUT2D eigenvalue weighted by atomic mass is 35.5. The molecule has 31 heavy (non-hydrogen) atoms. The van der Waals surface area contributed by atoms with E-state index in [2.05, 4.69) is 9.80 Å². The molecule has 160 valence electrons. The number of nitrogens with zero attached hydrogens (tertiary/aromatic N) is 4. The van der Waals surface area contributed by atoms with Crippen LogP contribution in [-0.2, 0) is 16.0 Å². The lowest BCUT2D eigenvalue weighted by Crippen LogP contribution is -2.74. The first-order valence-corrected chi connectivity index (χ1v) is 10.7. The molecule has 0 radical (unpaired) electrons. The van der Waals surface area contributed by atoms with Gasteiger partial charge in [-0.2, -0.15) is 0 Å². The Labute approximate surface area is 185 Å². The molecular formula is C23H23ClN4O3. The van der Waals surface area contributed by atoms with E-state index in [1.807, 2.05) is 42.5 Å². The molecule has 1 atom stereocenters. The van der Waals surface area contributed by atoms with Crippen molar-refractivity contribution in [2.45, 2.75) is 12.5 Å². The summed E-state index contributed by atoms with van der Waals surface area (Å²) in [5.74, 6) is -0.878. The van der Waals surface area contributed by atoms with Crippen molar-refractivity contribution in [1.29, 1.82) is 0 Å². The minimum atomic E-state index is -1.37. The number of para-hydroxylation sites is 1. The lowest BCUT2D eigenvalue weighted by atomic mass is 9.67. The highest BCUT2D eigenvalue weighted by Crippen LogP contribution is 2.47. The zero-order valence-electron chi connectivity index (χ0n) is 17.4. The van der Waals surface area contributed by atoms with Crippen LogP contribution >= 0.6 is 11.6 Å². The highest BCUT2D eigenvalue weighted by molar-refractivity contribution is 6.31. The van der Waals surface area contributed by atoms with Crippen molar-refractivity contribution < 1.29 is 14.4 Å². The molecule has 2 saturated heterocycles. The number of carbonyl (C=O) groups excluding carboxylic acids is 3. The van der Waals surface area contributed by atoms with Crippen LogP contribution in [0.5, 0.6) is 0 Å². The zero-order valence-corrected chi connectivity index (χ0v) is 18.2. The predicted octanol–water partition coefficient (Wildman–Crippen LogP) is 2.63. The van der Waals surface area contributed by atoms with Crippen molar-refractivity contribution in [3.05, 3.63) is 59.1 Å². The Balaban J connectivity index is 1.66. The van der Waals surface area contributed by atoms with Crippen molar-refractivity contribution in [3.63, 3.8) is 0 Å². The van der Waals surface area contributed by atoms with E-state index in [0.29, 0.717) is 18.1 Å². The molecule has 0 unspecified atom stereocenters. The van der Waals surface area contributed by atoms with Crippen LogP contribution < -0.4 is 9.80 Å². The van der Waals surface area contributed by atoms with E-state index in [1.54, 1.807) is 6.07 Å². The van der Waals surface area contributed by atoms with Crippen LogP contribution in [0.2, 0.25) is 5.02 Å². The van der Waals surface area contributed by atoms with E-state index in [1.165, 1.54) is 14.1 Å². The van der Waals surface area contributed by atoms with Crippen molar-refractivity contribution in [1.82, 2.24) is 9.80 Å². The molecule has 0 aliphatic carbocycles. The maximum Gasteiger partial charge on any atom is 0.332 e. The fraction of sp³-hybridized carbons (Fsp3) is 0.348. The molecule has 3 aliphatic rings. The summed E-state index contributed by atoms with van der Waals surface area (Å²) in [6, 6.07) is 14.5. The van der Waals surface area contributed by atoms with Gasteiger partial charge in [0.05, 0.1) is 6.04 Å². The van der Waals surface area contributed by atoms with E-state index in [0.717, 1.165) is 33.3 Å². The van der Waals surface area contributed by atoms with E-state index >= 15 is 0 Å². The van der Waals surface area contributed by atoms with Crippen LogP contribution in [0.1, 0.15) is 5.56 Å². The quantitative estimate of drug-likeness (QED) is 0.640. The van der Waals surface area contributed by atoms with Gasteiger partial charge in [-0.1, -0.05) is 35.9 Å². The number of halogens is 1. The van der Waals surface area contributed by atoms with Gasteiger partial charge in [-0.15, -0.1) is 0 Å². The first-order chi connectivity index (χ1) is 14.8. The summed E-state index contributed by atoms with van der Waals surface area (Å²) in [5.41, 5.74) is 1.53. The molecule has 0 saturated carbocycles. The van der Waals surface area contributed by atoms with Gasteiger partial charge in [0.2, 0.25) is 11.8 Å². The molecule has 8 heteroatoms. The number of imide groups is 2. The minimum absolute atomic E-state index is 0.239. The Bertz CT molecular complexity index is 1070. The van der Waals surface area contributed by atoms with E-state index in [9.17, 15) is 14.4 Å². The van der Waals surface area contributed by atoms with Crippen LogP contribution in [0.3, 0.4) is 0 Å². The van der Waals surface area contributed by atoms with Gasteiger partial charge in [0, 0.05) is 50.1 Å². The Morgan fingerprint density at radius 2 is 1.61 bits per heavy atom. The molecule has 1 spiro atoms. The van der Waals surface area contributed by atoms with Crippen molar-refractivity contribution in [3.8, 4) is 0 Å². The molecule has 3 aliphatic heterocycles. The third kappa shape index (κ3) is 2.76. The third-order valence-electron chi connectivity index (χ3n) is 6.84. The lowest BCUT2D eigenvalue weighted by molar-refractivity contribution is -0.159. The number of hydrogen-bond donors (Lipinski definition) is 0. The maximum absolute atomic E-state index is 13.6. The second kappa shape index (κ2) is 6.99. The third-order valence-corrected chi connectivity index (χ3v) is 7.08. The van der Waals surface area contributed by atoms with Crippen LogP contribution in [0, 0.1) is 5.41 Å². The van der Waals surface area contributed by atoms with Crippen LogP contribution in [-0.4, -0.2) is 67.4 Å². The average molecular weight is 439 g/mol. The number of anilines is 2. The Morgan fingerprint density at radius 1 is 0.935 bits per heavy atom. The normalized spacial score (nSPS) is 22.7. The number of piperazine rings is 1. The van der Waals surface area contributed by atoms with Gasteiger partial charge >= 0.3 is 6.03 Å². The molecule has 4 amide bonds. The van der Waals surface area contributed by atoms with Gasteiger partial charge in [-0.3, -0.25) is 19.4 Å².